The lowest BCUT2D eigenvalue weighted by atomic mass is 10.3. The van der Waals surface area contributed by atoms with Gasteiger partial charge in [-0.2, -0.15) is 10.5 Å². The smallest absolute Gasteiger partial charge is 0.319 e. The van der Waals surface area contributed by atoms with Crippen LogP contribution in [0, 0.1) is 22.7 Å². The van der Waals surface area contributed by atoms with Crippen LogP contribution in [0.5, 0.6) is 0 Å². The molecule has 0 N–H and O–H groups in total. The molecule has 1 aliphatic rings. The van der Waals surface area contributed by atoms with E-state index < -0.39 is 0 Å². The molecule has 0 bridgehead atoms. The molecule has 0 aromatic heterocycles. The molecule has 1 rings (SSSR count). The molecule has 0 amide bonds. The van der Waals surface area contributed by atoms with E-state index in [1.807, 2.05) is 0 Å². The van der Waals surface area contributed by atoms with Gasteiger partial charge in [0.25, 0.3) is 0 Å². The van der Waals surface area contributed by atoms with E-state index in [1.54, 1.807) is 12.1 Å². The zero-order valence-electron chi connectivity index (χ0n) is 4.87. The quantitative estimate of drug-likeness (QED) is 0.459. The first-order valence-corrected chi connectivity index (χ1v) is 2.41. The number of allylic oxidation sites excluding steroid dienone is 1. The van der Waals surface area contributed by atoms with E-state index in [0.29, 0.717) is 0 Å². The van der Waals surface area contributed by atoms with E-state index in [4.69, 9.17) is 10.5 Å². The van der Waals surface area contributed by atoms with Crippen LogP contribution in [0.3, 0.4) is 0 Å². The van der Waals surface area contributed by atoms with Gasteiger partial charge in [-0.1, -0.05) is 0 Å². The second-order valence-electron chi connectivity index (χ2n) is 1.39. The summed E-state index contributed by atoms with van der Waals surface area (Å²) in [5, 5.41) is 16.5. The summed E-state index contributed by atoms with van der Waals surface area (Å²) in [5.41, 5.74) is -0.162. The Kier molecular flexibility index (Phi) is 1.58. The van der Waals surface area contributed by atoms with Crippen LogP contribution in [0.2, 0.25) is 0 Å². The molecular formula is C6H2N2O2. The third-order valence-electron chi connectivity index (χ3n) is 0.833. The highest BCUT2D eigenvalue weighted by Crippen LogP contribution is 2.12. The van der Waals surface area contributed by atoms with Crippen molar-refractivity contribution in [2.24, 2.45) is 0 Å². The summed E-state index contributed by atoms with van der Waals surface area (Å²) >= 11 is 0. The number of nitriles is 2. The Hall–Kier alpha value is -1.94. The normalized spacial score (nSPS) is 12.8. The van der Waals surface area contributed by atoms with Crippen molar-refractivity contribution in [3.05, 3.63) is 24.0 Å². The Morgan fingerprint density at radius 3 is 2.10 bits per heavy atom. The van der Waals surface area contributed by atoms with Gasteiger partial charge in [-0.05, 0) is 0 Å². The van der Waals surface area contributed by atoms with Crippen LogP contribution >= 0.6 is 0 Å². The van der Waals surface area contributed by atoms with Gasteiger partial charge >= 0.3 is 5.95 Å². The van der Waals surface area contributed by atoms with Crippen molar-refractivity contribution in [3.63, 3.8) is 0 Å². The number of hydrogen-bond acceptors (Lipinski definition) is 4. The Bertz CT molecular complexity index is 251. The van der Waals surface area contributed by atoms with Crippen LogP contribution in [0.25, 0.3) is 0 Å². The Balaban J connectivity index is 2.88. The maximum atomic E-state index is 8.27. The predicted octanol–water partition coefficient (Wildman–Crippen LogP) is 0.763. The monoisotopic (exact) mass is 134 g/mol. The molecule has 0 fully saturated rings. The van der Waals surface area contributed by atoms with E-state index in [0.717, 1.165) is 0 Å². The third kappa shape index (κ3) is 0.910. The molecule has 0 atom stereocenters. The zero-order valence-corrected chi connectivity index (χ0v) is 4.87. The fourth-order valence-electron chi connectivity index (χ4n) is 0.441. The van der Waals surface area contributed by atoms with Crippen LogP contribution in [-0.2, 0) is 9.47 Å². The van der Waals surface area contributed by atoms with Crippen molar-refractivity contribution in [3.8, 4) is 12.1 Å². The van der Waals surface area contributed by atoms with Gasteiger partial charge in [0, 0.05) is 0 Å². The van der Waals surface area contributed by atoms with Gasteiger partial charge in [0.1, 0.15) is 24.7 Å². The number of ether oxygens (including phenoxy) is 2. The predicted molar refractivity (Wildman–Crippen MR) is 29.6 cm³/mol. The summed E-state index contributed by atoms with van der Waals surface area (Å²) in [5.74, 6) is -0.0509. The molecule has 0 unspecified atom stereocenters. The van der Waals surface area contributed by atoms with Gasteiger partial charge in [-0.3, -0.25) is 0 Å². The van der Waals surface area contributed by atoms with Crippen molar-refractivity contribution in [1.82, 2.24) is 0 Å². The molecule has 0 aromatic rings. The molecule has 0 radical (unpaired) electrons. The van der Waals surface area contributed by atoms with E-state index in [1.165, 1.54) is 12.5 Å². The standard InChI is InChI=1S/C6H2N2O2/c7-3-5(4-8)6-9-1-2-10-6/h1-2H. The van der Waals surface area contributed by atoms with E-state index >= 15 is 0 Å². The molecular weight excluding hydrogens is 132 g/mol. The highest BCUT2D eigenvalue weighted by Gasteiger charge is 2.10. The summed E-state index contributed by atoms with van der Waals surface area (Å²) in [6.45, 7) is 0. The number of hydrogen-bond donors (Lipinski definition) is 0. The van der Waals surface area contributed by atoms with Crippen molar-refractivity contribution in [2.75, 3.05) is 0 Å². The number of rotatable bonds is 0. The average molecular weight is 134 g/mol. The van der Waals surface area contributed by atoms with Crippen LogP contribution in [-0.4, -0.2) is 0 Å². The van der Waals surface area contributed by atoms with Crippen molar-refractivity contribution < 1.29 is 9.47 Å². The molecule has 1 aliphatic heterocycles. The van der Waals surface area contributed by atoms with Gasteiger partial charge < -0.3 is 9.47 Å². The summed E-state index contributed by atoms with van der Waals surface area (Å²) in [7, 11) is 0. The van der Waals surface area contributed by atoms with E-state index in [2.05, 4.69) is 9.47 Å². The van der Waals surface area contributed by atoms with Crippen LogP contribution in [0.15, 0.2) is 24.0 Å². The summed E-state index contributed by atoms with van der Waals surface area (Å²) in [4.78, 5) is 0. The molecule has 4 nitrogen and oxygen atoms in total. The van der Waals surface area contributed by atoms with Crippen LogP contribution in [0.4, 0.5) is 0 Å². The lowest BCUT2D eigenvalue weighted by molar-refractivity contribution is 0.199. The summed E-state index contributed by atoms with van der Waals surface area (Å²) in [6, 6.07) is 3.24. The highest BCUT2D eigenvalue weighted by molar-refractivity contribution is 5.36. The van der Waals surface area contributed by atoms with Crippen molar-refractivity contribution in [2.45, 2.75) is 0 Å². The van der Waals surface area contributed by atoms with E-state index in [9.17, 15) is 0 Å². The minimum Gasteiger partial charge on any atom is -0.429 e. The molecule has 0 saturated heterocycles. The second-order valence-corrected chi connectivity index (χ2v) is 1.39. The third-order valence-corrected chi connectivity index (χ3v) is 0.833. The van der Waals surface area contributed by atoms with Crippen LogP contribution < -0.4 is 0 Å². The fraction of sp³-hybridized carbons (Fsp3) is 0. The maximum absolute atomic E-state index is 8.27. The SMILES string of the molecule is N#CC(C#N)=C1OC=CO1. The molecule has 1 heterocycles. The second kappa shape index (κ2) is 2.56. The van der Waals surface area contributed by atoms with Crippen molar-refractivity contribution >= 4 is 0 Å². The maximum Gasteiger partial charge on any atom is 0.319 e. The van der Waals surface area contributed by atoms with Gasteiger partial charge in [-0.15, -0.1) is 0 Å². The van der Waals surface area contributed by atoms with Gasteiger partial charge in [0.05, 0.1) is 0 Å². The molecule has 0 spiro atoms. The summed E-state index contributed by atoms with van der Waals surface area (Å²) < 4.78 is 9.26. The van der Waals surface area contributed by atoms with Crippen LogP contribution in [0.1, 0.15) is 0 Å². The molecule has 0 saturated carbocycles. The first-order chi connectivity index (χ1) is 4.88. The van der Waals surface area contributed by atoms with Gasteiger partial charge in [-0.25, -0.2) is 0 Å². The Morgan fingerprint density at radius 1 is 1.20 bits per heavy atom. The minimum atomic E-state index is -0.162. The van der Waals surface area contributed by atoms with Gasteiger partial charge in [0.2, 0.25) is 5.57 Å². The first-order valence-electron chi connectivity index (χ1n) is 2.41. The molecule has 10 heavy (non-hydrogen) atoms. The van der Waals surface area contributed by atoms with Gasteiger partial charge in [0.15, 0.2) is 0 Å². The highest BCUT2D eigenvalue weighted by atomic mass is 16.7. The largest absolute Gasteiger partial charge is 0.429 e. The Labute approximate surface area is 57.2 Å². The van der Waals surface area contributed by atoms with Crippen molar-refractivity contribution in [1.29, 1.82) is 10.5 Å². The minimum absolute atomic E-state index is 0.0509. The topological polar surface area (TPSA) is 66.0 Å². The molecule has 4 heteroatoms. The average Bonchev–Trinajstić information content (AvgIpc) is 2.43. The lowest BCUT2D eigenvalue weighted by Crippen LogP contribution is -1.86. The molecule has 0 aliphatic carbocycles. The van der Waals surface area contributed by atoms with E-state index in [-0.39, 0.29) is 11.5 Å². The Morgan fingerprint density at radius 2 is 1.70 bits per heavy atom. The first kappa shape index (κ1) is 6.18. The summed E-state index contributed by atoms with van der Waals surface area (Å²) in [6.07, 6.45) is 2.51. The lowest BCUT2D eigenvalue weighted by Gasteiger charge is -1.92. The zero-order chi connectivity index (χ0) is 7.40. The molecule has 0 aromatic carbocycles. The number of nitrogens with zero attached hydrogens (tertiary/aromatic N) is 2. The fourth-order valence-corrected chi connectivity index (χ4v) is 0.441. The molecule has 48 valence electrons.